The SMILES string of the molecule is O=S(=O)(CCC(Cl)c1ccccc1)c1nc(-c2cccs2)cc(C(F)(F)F)n1. The van der Waals surface area contributed by atoms with Crippen LogP contribution in [0.2, 0.25) is 0 Å². The van der Waals surface area contributed by atoms with Crippen LogP contribution in [0.25, 0.3) is 10.6 Å². The molecule has 1 atom stereocenters. The molecule has 0 bridgehead atoms. The highest BCUT2D eigenvalue weighted by atomic mass is 35.5. The highest BCUT2D eigenvalue weighted by Crippen LogP contribution is 2.33. The van der Waals surface area contributed by atoms with Crippen LogP contribution in [0.3, 0.4) is 0 Å². The van der Waals surface area contributed by atoms with E-state index in [4.69, 9.17) is 11.6 Å². The molecule has 0 aliphatic rings. The van der Waals surface area contributed by atoms with Crippen molar-refractivity contribution in [3.63, 3.8) is 0 Å². The van der Waals surface area contributed by atoms with Crippen molar-refractivity contribution >= 4 is 32.8 Å². The van der Waals surface area contributed by atoms with E-state index in [-0.39, 0.29) is 12.1 Å². The van der Waals surface area contributed by atoms with Crippen LogP contribution >= 0.6 is 22.9 Å². The van der Waals surface area contributed by atoms with Crippen LogP contribution in [0, 0.1) is 0 Å². The Labute approximate surface area is 169 Å². The summed E-state index contributed by atoms with van der Waals surface area (Å²) in [6, 6.07) is 12.8. The summed E-state index contributed by atoms with van der Waals surface area (Å²) >= 11 is 7.39. The molecule has 0 radical (unpaired) electrons. The highest BCUT2D eigenvalue weighted by molar-refractivity contribution is 7.91. The summed E-state index contributed by atoms with van der Waals surface area (Å²) in [6.45, 7) is 0. The molecule has 3 rings (SSSR count). The zero-order valence-electron chi connectivity index (χ0n) is 14.2. The molecule has 0 N–H and O–H groups in total. The van der Waals surface area contributed by atoms with Crippen molar-refractivity contribution in [2.45, 2.75) is 23.1 Å². The molecule has 0 saturated carbocycles. The smallest absolute Gasteiger partial charge is 0.220 e. The van der Waals surface area contributed by atoms with Gasteiger partial charge in [0.2, 0.25) is 15.0 Å². The second kappa shape index (κ2) is 8.18. The van der Waals surface area contributed by atoms with Gasteiger partial charge in [0, 0.05) is 0 Å². The van der Waals surface area contributed by atoms with Crippen molar-refractivity contribution in [1.29, 1.82) is 0 Å². The topological polar surface area (TPSA) is 59.9 Å². The molecule has 1 unspecified atom stereocenters. The molecular weight excluding hydrogens is 433 g/mol. The number of benzene rings is 1. The number of thiophene rings is 1. The maximum atomic E-state index is 13.2. The number of hydrogen-bond acceptors (Lipinski definition) is 5. The van der Waals surface area contributed by atoms with Crippen molar-refractivity contribution in [3.05, 3.63) is 65.2 Å². The minimum atomic E-state index is -4.79. The van der Waals surface area contributed by atoms with Gasteiger partial charge in [-0.15, -0.1) is 22.9 Å². The summed E-state index contributed by atoms with van der Waals surface area (Å²) in [6.07, 6.45) is -4.78. The maximum absolute atomic E-state index is 13.2. The third-order valence-corrected chi connectivity index (χ3v) is 6.72. The Morgan fingerprint density at radius 3 is 2.39 bits per heavy atom. The van der Waals surface area contributed by atoms with Gasteiger partial charge in [-0.1, -0.05) is 36.4 Å². The summed E-state index contributed by atoms with van der Waals surface area (Å²) in [4.78, 5) is 7.57. The van der Waals surface area contributed by atoms with E-state index >= 15 is 0 Å². The van der Waals surface area contributed by atoms with Gasteiger partial charge in [0.1, 0.15) is 5.69 Å². The lowest BCUT2D eigenvalue weighted by molar-refractivity contribution is -0.141. The van der Waals surface area contributed by atoms with Crippen LogP contribution in [0.5, 0.6) is 0 Å². The Hall–Kier alpha value is -1.97. The molecule has 3 aromatic rings. The molecule has 1 aromatic carbocycles. The summed E-state index contributed by atoms with van der Waals surface area (Å²) in [5.41, 5.74) is -0.653. The fraction of sp³-hybridized carbons (Fsp3) is 0.222. The molecule has 0 amide bonds. The lowest BCUT2D eigenvalue weighted by atomic mass is 10.1. The fourth-order valence-electron chi connectivity index (χ4n) is 2.44. The molecular formula is C18H14ClF3N2O2S2. The van der Waals surface area contributed by atoms with E-state index in [0.29, 0.717) is 4.88 Å². The van der Waals surface area contributed by atoms with E-state index in [1.54, 1.807) is 47.8 Å². The molecule has 148 valence electrons. The Morgan fingerprint density at radius 2 is 1.79 bits per heavy atom. The van der Waals surface area contributed by atoms with E-state index in [2.05, 4.69) is 9.97 Å². The monoisotopic (exact) mass is 446 g/mol. The first-order chi connectivity index (χ1) is 13.2. The average molecular weight is 447 g/mol. The standard InChI is InChI=1S/C18H14ClF3N2O2S2/c19-13(12-5-2-1-3-6-12)8-10-28(25,26)17-23-14(15-7-4-9-27-15)11-16(24-17)18(20,21)22/h1-7,9,11,13H,8,10H2. The van der Waals surface area contributed by atoms with Crippen molar-refractivity contribution in [1.82, 2.24) is 9.97 Å². The van der Waals surface area contributed by atoms with Gasteiger partial charge < -0.3 is 0 Å². The molecule has 10 heteroatoms. The zero-order valence-corrected chi connectivity index (χ0v) is 16.6. The predicted octanol–water partition coefficient (Wildman–Crippen LogP) is 5.37. The Kier molecular flexibility index (Phi) is 6.07. The van der Waals surface area contributed by atoms with Crippen molar-refractivity contribution < 1.29 is 21.6 Å². The molecule has 0 fully saturated rings. The molecule has 0 aliphatic heterocycles. The van der Waals surface area contributed by atoms with Crippen LogP contribution in [-0.4, -0.2) is 24.1 Å². The third kappa shape index (κ3) is 4.89. The Bertz CT molecular complexity index is 1040. The third-order valence-electron chi connectivity index (χ3n) is 3.85. The average Bonchev–Trinajstić information content (AvgIpc) is 3.21. The van der Waals surface area contributed by atoms with Crippen molar-refractivity contribution in [2.75, 3.05) is 5.75 Å². The molecule has 2 heterocycles. The number of aromatic nitrogens is 2. The van der Waals surface area contributed by atoms with Gasteiger partial charge in [0.25, 0.3) is 0 Å². The zero-order chi connectivity index (χ0) is 20.4. The first-order valence-corrected chi connectivity index (χ1v) is 11.1. The first kappa shape index (κ1) is 20.8. The summed E-state index contributed by atoms with van der Waals surface area (Å²) < 4.78 is 64.9. The van der Waals surface area contributed by atoms with E-state index < -0.39 is 38.0 Å². The highest BCUT2D eigenvalue weighted by Gasteiger charge is 2.35. The quantitative estimate of drug-likeness (QED) is 0.377. The van der Waals surface area contributed by atoms with Gasteiger partial charge in [-0.05, 0) is 29.5 Å². The number of nitrogens with zero attached hydrogens (tertiary/aromatic N) is 2. The lowest BCUT2D eigenvalue weighted by Gasteiger charge is -2.12. The normalized spacial score (nSPS) is 13.4. The van der Waals surface area contributed by atoms with Crippen LogP contribution in [-0.2, 0) is 16.0 Å². The molecule has 4 nitrogen and oxygen atoms in total. The molecule has 0 saturated heterocycles. The van der Waals surface area contributed by atoms with Crippen molar-refractivity contribution in [2.24, 2.45) is 0 Å². The summed E-state index contributed by atoms with van der Waals surface area (Å²) in [7, 11) is -4.16. The van der Waals surface area contributed by atoms with Gasteiger partial charge in [-0.2, -0.15) is 13.2 Å². The summed E-state index contributed by atoms with van der Waals surface area (Å²) in [5.74, 6) is -0.471. The molecule has 0 spiro atoms. The van der Waals surface area contributed by atoms with E-state index in [9.17, 15) is 21.6 Å². The van der Waals surface area contributed by atoms with Gasteiger partial charge in [-0.25, -0.2) is 18.4 Å². The second-order valence-electron chi connectivity index (χ2n) is 5.88. The van der Waals surface area contributed by atoms with Gasteiger partial charge >= 0.3 is 6.18 Å². The van der Waals surface area contributed by atoms with Gasteiger partial charge in [0.15, 0.2) is 0 Å². The number of rotatable bonds is 6. The number of sulfone groups is 1. The lowest BCUT2D eigenvalue weighted by Crippen LogP contribution is -2.17. The minimum absolute atomic E-state index is 0.0157. The fourth-order valence-corrected chi connectivity index (χ4v) is 4.71. The predicted molar refractivity (Wildman–Crippen MR) is 102 cm³/mol. The Balaban J connectivity index is 1.91. The van der Waals surface area contributed by atoms with Crippen LogP contribution < -0.4 is 0 Å². The van der Waals surface area contributed by atoms with Gasteiger partial charge in [0.05, 0.1) is 21.7 Å². The number of halogens is 4. The molecule has 28 heavy (non-hydrogen) atoms. The molecule has 0 aliphatic carbocycles. The maximum Gasteiger partial charge on any atom is 0.433 e. The summed E-state index contributed by atoms with van der Waals surface area (Å²) in [5, 5.41) is 0.220. The first-order valence-electron chi connectivity index (χ1n) is 8.09. The van der Waals surface area contributed by atoms with Crippen LogP contribution in [0.4, 0.5) is 13.2 Å². The van der Waals surface area contributed by atoms with Gasteiger partial charge in [-0.3, -0.25) is 0 Å². The number of alkyl halides is 4. The number of hydrogen-bond donors (Lipinski definition) is 0. The van der Waals surface area contributed by atoms with E-state index in [1.807, 2.05) is 0 Å². The Morgan fingerprint density at radius 1 is 1.07 bits per heavy atom. The van der Waals surface area contributed by atoms with E-state index in [1.165, 1.54) is 0 Å². The van der Waals surface area contributed by atoms with E-state index in [0.717, 1.165) is 23.0 Å². The van der Waals surface area contributed by atoms with Crippen LogP contribution in [0.15, 0.2) is 59.1 Å². The van der Waals surface area contributed by atoms with Crippen molar-refractivity contribution in [3.8, 4) is 10.6 Å². The minimum Gasteiger partial charge on any atom is -0.220 e. The van der Waals surface area contributed by atoms with Crippen LogP contribution in [0.1, 0.15) is 23.1 Å². The largest absolute Gasteiger partial charge is 0.433 e. The second-order valence-corrected chi connectivity index (χ2v) is 9.36. The molecule has 2 aromatic heterocycles.